The van der Waals surface area contributed by atoms with Gasteiger partial charge in [-0.05, 0) is 37.0 Å². The van der Waals surface area contributed by atoms with Crippen molar-refractivity contribution >= 4 is 17.6 Å². The maximum absolute atomic E-state index is 12.0. The van der Waals surface area contributed by atoms with Crippen molar-refractivity contribution in [2.45, 2.75) is 12.8 Å². The summed E-state index contributed by atoms with van der Waals surface area (Å²) in [6, 6.07) is 8.35. The summed E-state index contributed by atoms with van der Waals surface area (Å²) < 4.78 is 4.89. The van der Waals surface area contributed by atoms with Crippen LogP contribution in [0.2, 0.25) is 0 Å². The van der Waals surface area contributed by atoms with Gasteiger partial charge >= 0.3 is 5.88 Å². The van der Waals surface area contributed by atoms with Crippen LogP contribution in [0.4, 0.5) is 11.7 Å². The molecule has 2 aromatic heterocycles. The number of piperidine rings is 1. The van der Waals surface area contributed by atoms with E-state index in [-0.39, 0.29) is 5.76 Å². The first kappa shape index (κ1) is 16.0. The summed E-state index contributed by atoms with van der Waals surface area (Å²) in [6.45, 7) is 2.32. The van der Waals surface area contributed by atoms with E-state index in [2.05, 4.69) is 15.2 Å². The Morgan fingerprint density at radius 3 is 2.75 bits per heavy atom. The Balaban J connectivity index is 1.46. The topological polar surface area (TPSA) is 102 Å². The van der Waals surface area contributed by atoms with Crippen molar-refractivity contribution in [3.8, 4) is 0 Å². The number of aromatic nitrogens is 1. The molecule has 0 spiro atoms. The normalized spacial score (nSPS) is 15.2. The van der Waals surface area contributed by atoms with Gasteiger partial charge in [0.15, 0.2) is 5.76 Å². The minimum atomic E-state index is -0.663. The van der Waals surface area contributed by atoms with Crippen molar-refractivity contribution < 1.29 is 14.1 Å². The van der Waals surface area contributed by atoms with E-state index in [9.17, 15) is 14.9 Å². The number of pyridine rings is 1. The zero-order valence-corrected chi connectivity index (χ0v) is 13.1. The van der Waals surface area contributed by atoms with Gasteiger partial charge in [0.05, 0.1) is 6.07 Å². The SMILES string of the molecule is O=C(NCC1CCN(c2ccccn2)CC1)c1ccc([N+](=O)[O-])o1. The Hall–Kier alpha value is -2.90. The van der Waals surface area contributed by atoms with E-state index in [1.54, 1.807) is 6.20 Å². The standard InChI is InChI=1S/C16H18N4O4/c21-16(13-4-5-15(24-13)20(22)23)18-11-12-6-9-19(10-7-12)14-3-1-2-8-17-14/h1-5,8,12H,6-7,9-11H2,(H,18,21). The average molecular weight is 330 g/mol. The highest BCUT2D eigenvalue weighted by atomic mass is 16.6. The Labute approximate surface area is 138 Å². The average Bonchev–Trinajstić information content (AvgIpc) is 3.11. The van der Waals surface area contributed by atoms with E-state index in [1.807, 2.05) is 18.2 Å². The van der Waals surface area contributed by atoms with Gasteiger partial charge in [0.2, 0.25) is 0 Å². The lowest BCUT2D eigenvalue weighted by Gasteiger charge is -2.32. The fourth-order valence-corrected chi connectivity index (χ4v) is 2.78. The molecule has 0 aliphatic carbocycles. The zero-order valence-electron chi connectivity index (χ0n) is 13.1. The summed E-state index contributed by atoms with van der Waals surface area (Å²) in [6.07, 6.45) is 3.69. The van der Waals surface area contributed by atoms with Crippen LogP contribution in [0.3, 0.4) is 0 Å². The third kappa shape index (κ3) is 3.70. The van der Waals surface area contributed by atoms with Crippen LogP contribution in [0.5, 0.6) is 0 Å². The largest absolute Gasteiger partial charge is 0.433 e. The first-order valence-corrected chi connectivity index (χ1v) is 7.82. The van der Waals surface area contributed by atoms with Crippen LogP contribution < -0.4 is 10.2 Å². The summed E-state index contributed by atoms with van der Waals surface area (Å²) in [5.41, 5.74) is 0. The van der Waals surface area contributed by atoms with E-state index < -0.39 is 16.7 Å². The van der Waals surface area contributed by atoms with E-state index in [0.717, 1.165) is 31.7 Å². The van der Waals surface area contributed by atoms with E-state index >= 15 is 0 Å². The predicted octanol–water partition coefficient (Wildman–Crippen LogP) is 2.23. The molecule has 1 fully saturated rings. The molecular weight excluding hydrogens is 312 g/mol. The summed E-state index contributed by atoms with van der Waals surface area (Å²) in [5.74, 6) is 0.466. The monoisotopic (exact) mass is 330 g/mol. The van der Waals surface area contributed by atoms with E-state index in [1.165, 1.54) is 12.1 Å². The Morgan fingerprint density at radius 1 is 1.33 bits per heavy atom. The molecule has 24 heavy (non-hydrogen) atoms. The number of hydrogen-bond donors (Lipinski definition) is 1. The molecule has 8 nitrogen and oxygen atoms in total. The number of nitrogens with zero attached hydrogens (tertiary/aromatic N) is 3. The molecule has 0 atom stereocenters. The van der Waals surface area contributed by atoms with Gasteiger partial charge in [-0.25, -0.2) is 4.98 Å². The summed E-state index contributed by atoms with van der Waals surface area (Å²) >= 11 is 0. The van der Waals surface area contributed by atoms with Crippen LogP contribution in [0.15, 0.2) is 40.9 Å². The maximum Gasteiger partial charge on any atom is 0.433 e. The quantitative estimate of drug-likeness (QED) is 0.666. The first-order valence-electron chi connectivity index (χ1n) is 7.82. The van der Waals surface area contributed by atoms with Gasteiger partial charge < -0.3 is 14.6 Å². The first-order chi connectivity index (χ1) is 11.6. The molecule has 0 unspecified atom stereocenters. The number of hydrogen-bond acceptors (Lipinski definition) is 6. The van der Waals surface area contributed by atoms with E-state index in [4.69, 9.17) is 4.42 Å². The molecule has 3 rings (SSSR count). The summed E-state index contributed by atoms with van der Waals surface area (Å²) in [7, 11) is 0. The number of furan rings is 1. The Morgan fingerprint density at radius 2 is 2.12 bits per heavy atom. The molecule has 8 heteroatoms. The second kappa shape index (κ2) is 7.12. The van der Waals surface area contributed by atoms with Gasteiger partial charge in [-0.1, -0.05) is 6.07 Å². The predicted molar refractivity (Wildman–Crippen MR) is 86.9 cm³/mol. The lowest BCUT2D eigenvalue weighted by atomic mass is 9.97. The number of carbonyl (C=O) groups excluding carboxylic acids is 1. The van der Waals surface area contributed by atoms with Crippen molar-refractivity contribution in [2.75, 3.05) is 24.5 Å². The minimum Gasteiger partial charge on any atom is -0.395 e. The molecule has 0 saturated carbocycles. The number of anilines is 1. The van der Waals surface area contributed by atoms with Gasteiger partial charge in [0.1, 0.15) is 10.7 Å². The fraction of sp³-hybridized carbons (Fsp3) is 0.375. The molecular formula is C16H18N4O4. The molecule has 0 bridgehead atoms. The number of amides is 1. The third-order valence-corrected chi connectivity index (χ3v) is 4.13. The van der Waals surface area contributed by atoms with Gasteiger partial charge in [0, 0.05) is 25.8 Å². The number of carbonyl (C=O) groups is 1. The van der Waals surface area contributed by atoms with Crippen LogP contribution in [0.1, 0.15) is 23.4 Å². The van der Waals surface area contributed by atoms with Gasteiger partial charge in [-0.15, -0.1) is 0 Å². The van der Waals surface area contributed by atoms with Crippen LogP contribution in [-0.4, -0.2) is 35.4 Å². The third-order valence-electron chi connectivity index (χ3n) is 4.13. The fourth-order valence-electron chi connectivity index (χ4n) is 2.78. The maximum atomic E-state index is 12.0. The van der Waals surface area contributed by atoms with Crippen LogP contribution >= 0.6 is 0 Å². The van der Waals surface area contributed by atoms with Crippen molar-refractivity contribution in [1.29, 1.82) is 0 Å². The number of nitro groups is 1. The molecule has 0 aromatic carbocycles. The number of nitrogens with one attached hydrogen (secondary N) is 1. The Bertz CT molecular complexity index is 708. The molecule has 1 N–H and O–H groups in total. The molecule has 3 heterocycles. The highest BCUT2D eigenvalue weighted by Crippen LogP contribution is 2.21. The van der Waals surface area contributed by atoms with Gasteiger partial charge in [-0.3, -0.25) is 14.9 Å². The van der Waals surface area contributed by atoms with E-state index in [0.29, 0.717) is 12.5 Å². The van der Waals surface area contributed by atoms with Crippen LogP contribution in [-0.2, 0) is 0 Å². The van der Waals surface area contributed by atoms with Crippen LogP contribution in [0, 0.1) is 16.0 Å². The molecule has 0 radical (unpaired) electrons. The minimum absolute atomic E-state index is 0.0346. The van der Waals surface area contributed by atoms with Crippen molar-refractivity contribution in [1.82, 2.24) is 10.3 Å². The highest BCUT2D eigenvalue weighted by Gasteiger charge is 2.22. The molecule has 126 valence electrons. The second-order valence-electron chi connectivity index (χ2n) is 5.72. The van der Waals surface area contributed by atoms with Crippen molar-refractivity contribution in [2.24, 2.45) is 5.92 Å². The Kier molecular flexibility index (Phi) is 4.74. The smallest absolute Gasteiger partial charge is 0.395 e. The molecule has 1 aliphatic heterocycles. The zero-order chi connectivity index (χ0) is 16.9. The van der Waals surface area contributed by atoms with Crippen molar-refractivity contribution in [3.05, 3.63) is 52.4 Å². The van der Waals surface area contributed by atoms with Gasteiger partial charge in [0.25, 0.3) is 5.91 Å². The molecule has 2 aromatic rings. The van der Waals surface area contributed by atoms with Crippen LogP contribution in [0.25, 0.3) is 0 Å². The van der Waals surface area contributed by atoms with Crippen molar-refractivity contribution in [3.63, 3.8) is 0 Å². The summed E-state index contributed by atoms with van der Waals surface area (Å²) in [4.78, 5) is 28.4. The molecule has 1 amide bonds. The lowest BCUT2D eigenvalue weighted by molar-refractivity contribution is -0.402. The summed E-state index contributed by atoms with van der Waals surface area (Å²) in [5, 5.41) is 13.3. The lowest BCUT2D eigenvalue weighted by Crippen LogP contribution is -2.38. The highest BCUT2D eigenvalue weighted by molar-refractivity contribution is 5.91. The molecule has 1 aliphatic rings. The van der Waals surface area contributed by atoms with Gasteiger partial charge in [-0.2, -0.15) is 0 Å². The molecule has 1 saturated heterocycles. The second-order valence-corrected chi connectivity index (χ2v) is 5.72. The number of rotatable bonds is 5.